The standard InChI is InChI=1S/C18H23NO4/c1-19(21)8-7-18-11-4-5-13(20)17(18)23-16-14(22-2)6-3-10(15(16)18)9-12(11)19/h3,6,11-13,17,20H,4-5,7-9H2,1-2H3/t11-,12+,13+,17-,18-,19?/m0/s1. The van der Waals surface area contributed by atoms with E-state index in [9.17, 15) is 10.3 Å². The maximum absolute atomic E-state index is 13.1. The summed E-state index contributed by atoms with van der Waals surface area (Å²) in [7, 11) is 3.48. The molecule has 1 N–H and O–H groups in total. The minimum Gasteiger partial charge on any atom is -0.633 e. The number of hydrogen-bond donors (Lipinski definition) is 1. The van der Waals surface area contributed by atoms with Gasteiger partial charge in [0.2, 0.25) is 0 Å². The number of piperidine rings is 1. The molecule has 1 aromatic carbocycles. The van der Waals surface area contributed by atoms with E-state index in [0.717, 1.165) is 37.2 Å². The third kappa shape index (κ3) is 1.49. The summed E-state index contributed by atoms with van der Waals surface area (Å²) in [5.74, 6) is 1.87. The third-order valence-electron chi connectivity index (χ3n) is 6.99. The predicted octanol–water partition coefficient (Wildman–Crippen LogP) is 1.74. The zero-order chi connectivity index (χ0) is 16.0. The summed E-state index contributed by atoms with van der Waals surface area (Å²) in [6, 6.07) is 4.12. The molecule has 2 aliphatic heterocycles. The van der Waals surface area contributed by atoms with Crippen LogP contribution in [0, 0.1) is 11.1 Å². The minimum absolute atomic E-state index is 0.0780. The van der Waals surface area contributed by atoms with E-state index in [1.807, 2.05) is 13.1 Å². The number of rotatable bonds is 1. The smallest absolute Gasteiger partial charge is 0.165 e. The Labute approximate surface area is 136 Å². The molecule has 2 heterocycles. The molecule has 0 amide bonds. The van der Waals surface area contributed by atoms with Crippen molar-refractivity contribution in [2.24, 2.45) is 5.92 Å². The van der Waals surface area contributed by atoms with Gasteiger partial charge in [-0.05, 0) is 24.5 Å². The van der Waals surface area contributed by atoms with Crippen molar-refractivity contribution < 1.29 is 19.2 Å². The third-order valence-corrected chi connectivity index (χ3v) is 6.99. The Morgan fingerprint density at radius 2 is 2.22 bits per heavy atom. The molecular formula is C18H23NO4. The van der Waals surface area contributed by atoms with E-state index in [-0.39, 0.29) is 22.2 Å². The van der Waals surface area contributed by atoms with Crippen LogP contribution in [0.3, 0.4) is 0 Å². The average Bonchev–Trinajstić information content (AvgIpc) is 2.88. The first-order valence-corrected chi connectivity index (χ1v) is 8.60. The molecule has 2 fully saturated rings. The molecule has 0 aromatic heterocycles. The molecule has 5 rings (SSSR count). The molecule has 1 spiro atoms. The van der Waals surface area contributed by atoms with Crippen LogP contribution in [0.15, 0.2) is 12.1 Å². The van der Waals surface area contributed by atoms with E-state index in [0.29, 0.717) is 12.5 Å². The molecule has 5 heteroatoms. The Balaban J connectivity index is 1.79. The minimum atomic E-state index is -0.460. The lowest BCUT2D eigenvalue weighted by Gasteiger charge is -2.63. The number of benzene rings is 1. The van der Waals surface area contributed by atoms with Crippen molar-refractivity contribution in [1.82, 2.24) is 0 Å². The van der Waals surface area contributed by atoms with E-state index >= 15 is 0 Å². The molecule has 4 aliphatic rings. The summed E-state index contributed by atoms with van der Waals surface area (Å²) in [4.78, 5) is 0. The molecule has 124 valence electrons. The van der Waals surface area contributed by atoms with Gasteiger partial charge >= 0.3 is 0 Å². The van der Waals surface area contributed by atoms with Crippen LogP contribution in [-0.2, 0) is 11.8 Å². The summed E-state index contributed by atoms with van der Waals surface area (Å²) in [5, 5.41) is 23.7. The van der Waals surface area contributed by atoms with Crippen molar-refractivity contribution in [2.45, 2.75) is 49.3 Å². The van der Waals surface area contributed by atoms with Crippen molar-refractivity contribution in [3.63, 3.8) is 0 Å². The predicted molar refractivity (Wildman–Crippen MR) is 84.3 cm³/mol. The van der Waals surface area contributed by atoms with Gasteiger partial charge in [0, 0.05) is 24.3 Å². The number of likely N-dealkylation sites (N-methyl/N-ethyl adjacent to an activating group) is 1. The molecule has 1 saturated heterocycles. The quantitative estimate of drug-likeness (QED) is 0.633. The Morgan fingerprint density at radius 1 is 1.39 bits per heavy atom. The van der Waals surface area contributed by atoms with Gasteiger partial charge < -0.3 is 24.4 Å². The van der Waals surface area contributed by atoms with Crippen molar-refractivity contribution >= 4 is 0 Å². The summed E-state index contributed by atoms with van der Waals surface area (Å²) < 4.78 is 11.7. The fourth-order valence-electron chi connectivity index (χ4n) is 6.02. The van der Waals surface area contributed by atoms with Crippen molar-refractivity contribution in [1.29, 1.82) is 0 Å². The zero-order valence-electron chi connectivity index (χ0n) is 13.6. The van der Waals surface area contributed by atoms with Gasteiger partial charge in [-0.2, -0.15) is 0 Å². The van der Waals surface area contributed by atoms with Crippen LogP contribution in [0.2, 0.25) is 0 Å². The molecule has 1 saturated carbocycles. The van der Waals surface area contributed by atoms with Gasteiger partial charge in [-0.15, -0.1) is 0 Å². The van der Waals surface area contributed by atoms with Crippen LogP contribution in [0.25, 0.3) is 0 Å². The van der Waals surface area contributed by atoms with Crippen LogP contribution in [0.1, 0.15) is 30.4 Å². The lowest BCUT2D eigenvalue weighted by Crippen LogP contribution is -2.70. The molecule has 2 bridgehead atoms. The number of hydrogen-bond acceptors (Lipinski definition) is 4. The second-order valence-electron chi connectivity index (χ2n) is 7.88. The number of quaternary nitrogens is 1. The summed E-state index contributed by atoms with van der Waals surface area (Å²) in [6.07, 6.45) is 2.55. The Morgan fingerprint density at radius 3 is 3.00 bits per heavy atom. The topological polar surface area (TPSA) is 61.8 Å². The number of likely N-dealkylation sites (tertiary alicyclic amines) is 1. The normalized spacial score (nSPS) is 46.1. The van der Waals surface area contributed by atoms with E-state index in [1.54, 1.807) is 7.11 Å². The van der Waals surface area contributed by atoms with Crippen molar-refractivity contribution in [2.75, 3.05) is 20.7 Å². The SMILES string of the molecule is COc1ccc2c3c1O[C@H]1[C@H](O)CC[C@H]4[C@@H](C2)[N+](C)([O-])CC[C@@]341. The summed E-state index contributed by atoms with van der Waals surface area (Å²) >= 11 is 0. The van der Waals surface area contributed by atoms with Gasteiger partial charge in [0.05, 0.1) is 38.3 Å². The van der Waals surface area contributed by atoms with Crippen LogP contribution < -0.4 is 9.47 Å². The highest BCUT2D eigenvalue weighted by molar-refractivity contribution is 5.60. The van der Waals surface area contributed by atoms with Crippen molar-refractivity contribution in [3.05, 3.63) is 28.5 Å². The van der Waals surface area contributed by atoms with Gasteiger partial charge in [-0.3, -0.25) is 0 Å². The maximum Gasteiger partial charge on any atom is 0.165 e. The van der Waals surface area contributed by atoms with Crippen LogP contribution in [0.4, 0.5) is 0 Å². The lowest BCUT2D eigenvalue weighted by atomic mass is 9.51. The highest BCUT2D eigenvalue weighted by atomic mass is 16.5. The number of aliphatic hydroxyl groups is 1. The van der Waals surface area contributed by atoms with Crippen molar-refractivity contribution in [3.8, 4) is 11.5 Å². The summed E-state index contributed by atoms with van der Waals surface area (Å²) in [6.45, 7) is 0.601. The molecular weight excluding hydrogens is 294 g/mol. The van der Waals surface area contributed by atoms with Gasteiger partial charge in [-0.25, -0.2) is 0 Å². The van der Waals surface area contributed by atoms with Gasteiger partial charge in [0.15, 0.2) is 11.5 Å². The number of ether oxygens (including phenoxy) is 2. The first-order valence-electron chi connectivity index (χ1n) is 8.60. The fourth-order valence-corrected chi connectivity index (χ4v) is 6.02. The van der Waals surface area contributed by atoms with Gasteiger partial charge in [0.1, 0.15) is 6.10 Å². The fraction of sp³-hybridized carbons (Fsp3) is 0.667. The molecule has 0 radical (unpaired) electrons. The van der Waals surface area contributed by atoms with Gasteiger partial charge in [0.25, 0.3) is 0 Å². The van der Waals surface area contributed by atoms with E-state index in [1.165, 1.54) is 11.1 Å². The van der Waals surface area contributed by atoms with E-state index in [4.69, 9.17) is 9.47 Å². The first kappa shape index (κ1) is 14.1. The van der Waals surface area contributed by atoms with E-state index < -0.39 is 6.10 Å². The molecule has 23 heavy (non-hydrogen) atoms. The first-order chi connectivity index (χ1) is 11.0. The molecule has 1 unspecified atom stereocenters. The Hall–Kier alpha value is -1.30. The monoisotopic (exact) mass is 317 g/mol. The molecule has 5 nitrogen and oxygen atoms in total. The average molecular weight is 317 g/mol. The molecule has 2 aliphatic carbocycles. The maximum atomic E-state index is 13.1. The second kappa shape index (κ2) is 4.21. The second-order valence-corrected chi connectivity index (χ2v) is 7.88. The number of methoxy groups -OCH3 is 1. The number of aliphatic hydroxyl groups excluding tert-OH is 1. The summed E-state index contributed by atoms with van der Waals surface area (Å²) in [5.41, 5.74) is 2.27. The van der Waals surface area contributed by atoms with Crippen LogP contribution >= 0.6 is 0 Å². The van der Waals surface area contributed by atoms with E-state index in [2.05, 4.69) is 6.07 Å². The molecule has 6 atom stereocenters. The lowest BCUT2D eigenvalue weighted by molar-refractivity contribution is -0.899. The number of hydroxylamine groups is 3. The number of nitrogens with zero attached hydrogens (tertiary/aromatic N) is 1. The highest BCUT2D eigenvalue weighted by Crippen LogP contribution is 2.64. The largest absolute Gasteiger partial charge is 0.633 e. The van der Waals surface area contributed by atoms with Crippen LogP contribution in [0.5, 0.6) is 11.5 Å². The van der Waals surface area contributed by atoms with Crippen LogP contribution in [-0.4, -0.2) is 48.7 Å². The van der Waals surface area contributed by atoms with Gasteiger partial charge in [-0.1, -0.05) is 6.07 Å². The Kier molecular flexibility index (Phi) is 2.57. The zero-order valence-corrected chi connectivity index (χ0v) is 13.6. The Bertz CT molecular complexity index is 688. The molecule has 1 aromatic rings. The highest BCUT2D eigenvalue weighted by Gasteiger charge is 2.67.